The second kappa shape index (κ2) is 14.4. The Morgan fingerprint density at radius 1 is 0.911 bits per heavy atom. The van der Waals surface area contributed by atoms with Crippen LogP contribution in [-0.2, 0) is 17.9 Å². The zero-order chi connectivity index (χ0) is 31.0. The fraction of sp³-hybridized carbons (Fsp3) is 0.333. The van der Waals surface area contributed by atoms with E-state index in [-0.39, 0.29) is 13.2 Å². The normalized spacial score (nSPS) is 14.1. The molecule has 2 N–H and O–H groups in total. The maximum atomic E-state index is 15.4. The molecule has 3 aromatic heterocycles. The van der Waals surface area contributed by atoms with Gasteiger partial charge in [-0.25, -0.2) is 14.4 Å². The van der Waals surface area contributed by atoms with E-state index in [4.69, 9.17) is 14.2 Å². The van der Waals surface area contributed by atoms with Crippen LogP contribution < -0.4 is 14.8 Å². The van der Waals surface area contributed by atoms with E-state index in [0.29, 0.717) is 52.2 Å². The van der Waals surface area contributed by atoms with E-state index in [9.17, 15) is 0 Å². The Kier molecular flexibility index (Phi) is 9.74. The highest BCUT2D eigenvalue weighted by molar-refractivity contribution is 5.98. The van der Waals surface area contributed by atoms with Gasteiger partial charge in [0, 0.05) is 81.3 Å². The van der Waals surface area contributed by atoms with Gasteiger partial charge in [-0.15, -0.1) is 0 Å². The minimum absolute atomic E-state index is 0.132. The maximum Gasteiger partial charge on any atom is 0.232 e. The molecule has 0 unspecified atom stereocenters. The lowest BCUT2D eigenvalue weighted by atomic mass is 10.1. The molecule has 0 radical (unpaired) electrons. The van der Waals surface area contributed by atoms with Crippen molar-refractivity contribution in [3.8, 4) is 22.8 Å². The largest absolute Gasteiger partial charge is 0.486 e. The number of methoxy groups -OCH3 is 1. The molecule has 1 aliphatic heterocycles. The zero-order valence-electron chi connectivity index (χ0n) is 25.5. The third-order valence-corrected chi connectivity index (χ3v) is 7.77. The van der Waals surface area contributed by atoms with Crippen LogP contribution in [0.25, 0.3) is 22.2 Å². The highest BCUT2D eigenvalue weighted by Gasteiger charge is 2.20. The Morgan fingerprint density at radius 3 is 2.42 bits per heavy atom. The Labute approximate surface area is 261 Å². The van der Waals surface area contributed by atoms with Crippen molar-refractivity contribution in [1.29, 1.82) is 0 Å². The Hall–Kier alpha value is -4.65. The van der Waals surface area contributed by atoms with Gasteiger partial charge < -0.3 is 29.4 Å². The molecule has 45 heavy (non-hydrogen) atoms. The molecule has 0 spiro atoms. The van der Waals surface area contributed by atoms with E-state index in [0.717, 1.165) is 45.0 Å². The highest BCUT2D eigenvalue weighted by Crippen LogP contribution is 2.37. The molecule has 1 saturated heterocycles. The van der Waals surface area contributed by atoms with Crippen molar-refractivity contribution in [2.24, 2.45) is 0 Å². The number of rotatable bonds is 13. The summed E-state index contributed by atoms with van der Waals surface area (Å²) in [5.41, 5.74) is 3.55. The lowest BCUT2D eigenvalue weighted by Gasteiger charge is -2.34. The molecule has 6 rings (SSSR count). The number of likely N-dealkylation sites (N-methyl/N-ethyl adjacent to an activating group) is 1. The highest BCUT2D eigenvalue weighted by atomic mass is 19.1. The molecule has 0 saturated carbocycles. The topological polar surface area (TPSA) is 114 Å². The number of nitrogens with zero attached hydrogens (tertiary/aromatic N) is 6. The van der Waals surface area contributed by atoms with Gasteiger partial charge >= 0.3 is 0 Å². The summed E-state index contributed by atoms with van der Waals surface area (Å²) in [6, 6.07) is 14.7. The number of benzene rings is 2. The van der Waals surface area contributed by atoms with Gasteiger partial charge in [-0.05, 0) is 42.4 Å². The number of H-pyrrole nitrogens is 1. The molecule has 1 aliphatic rings. The predicted octanol–water partition coefficient (Wildman–Crippen LogP) is 5.04. The van der Waals surface area contributed by atoms with Crippen molar-refractivity contribution >= 4 is 22.7 Å². The molecule has 5 aromatic rings. The summed E-state index contributed by atoms with van der Waals surface area (Å²) >= 11 is 0. The van der Waals surface area contributed by atoms with Crippen LogP contribution in [0.5, 0.6) is 11.6 Å². The number of fused-ring (bicyclic) bond motifs is 1. The van der Waals surface area contributed by atoms with Crippen molar-refractivity contribution in [1.82, 2.24) is 34.7 Å². The quantitative estimate of drug-likeness (QED) is 0.175. The number of hydrogen-bond acceptors (Lipinski definition) is 10. The molecule has 0 aliphatic carbocycles. The minimum Gasteiger partial charge on any atom is -0.486 e. The number of halogens is 1. The van der Waals surface area contributed by atoms with Crippen molar-refractivity contribution in [3.63, 3.8) is 0 Å². The van der Waals surface area contributed by atoms with Gasteiger partial charge in [-0.1, -0.05) is 19.1 Å². The van der Waals surface area contributed by atoms with E-state index in [1.807, 2.05) is 12.1 Å². The third kappa shape index (κ3) is 7.54. The molecular formula is C33H37FN8O3. The summed E-state index contributed by atoms with van der Waals surface area (Å²) < 4.78 is 32.3. The number of ether oxygens (including phenoxy) is 3. The van der Waals surface area contributed by atoms with Crippen LogP contribution in [0, 0.1) is 5.82 Å². The Bertz CT molecular complexity index is 1690. The van der Waals surface area contributed by atoms with Gasteiger partial charge in [0.15, 0.2) is 5.82 Å². The van der Waals surface area contributed by atoms with Crippen LogP contribution in [0.15, 0.2) is 67.1 Å². The molecule has 234 valence electrons. The smallest absolute Gasteiger partial charge is 0.232 e. The predicted molar refractivity (Wildman–Crippen MR) is 170 cm³/mol. The van der Waals surface area contributed by atoms with Crippen molar-refractivity contribution < 1.29 is 18.6 Å². The van der Waals surface area contributed by atoms with Crippen molar-refractivity contribution in [2.75, 3.05) is 58.4 Å². The summed E-state index contributed by atoms with van der Waals surface area (Å²) in [6.45, 7) is 9.40. The van der Waals surface area contributed by atoms with Gasteiger partial charge in [-0.2, -0.15) is 9.97 Å². The number of hydrogen-bond donors (Lipinski definition) is 2. The second-order valence-electron chi connectivity index (χ2n) is 10.7. The number of aromatic amines is 1. The maximum absolute atomic E-state index is 15.4. The van der Waals surface area contributed by atoms with Gasteiger partial charge in [0.2, 0.25) is 11.8 Å². The third-order valence-electron chi connectivity index (χ3n) is 7.77. The molecule has 11 nitrogen and oxygen atoms in total. The first-order valence-electron chi connectivity index (χ1n) is 15.1. The number of aromatic nitrogens is 5. The van der Waals surface area contributed by atoms with Gasteiger partial charge in [-0.3, -0.25) is 4.90 Å². The lowest BCUT2D eigenvalue weighted by Crippen LogP contribution is -2.45. The van der Waals surface area contributed by atoms with E-state index in [1.54, 1.807) is 43.9 Å². The molecule has 0 amide bonds. The lowest BCUT2D eigenvalue weighted by molar-refractivity contribution is 0.132. The average Bonchev–Trinajstić information content (AvgIpc) is 3.49. The zero-order valence-corrected chi connectivity index (χ0v) is 25.5. The summed E-state index contributed by atoms with van der Waals surface area (Å²) in [5.74, 6) is 1.10. The van der Waals surface area contributed by atoms with E-state index in [1.165, 1.54) is 11.6 Å². The molecule has 1 fully saturated rings. The van der Waals surface area contributed by atoms with E-state index in [2.05, 4.69) is 59.1 Å². The monoisotopic (exact) mass is 612 g/mol. The molecular weight excluding hydrogens is 575 g/mol. The fourth-order valence-electron chi connectivity index (χ4n) is 5.30. The van der Waals surface area contributed by atoms with E-state index >= 15 is 4.39 Å². The van der Waals surface area contributed by atoms with Crippen LogP contribution in [0.4, 0.5) is 16.0 Å². The van der Waals surface area contributed by atoms with Crippen LogP contribution >= 0.6 is 0 Å². The number of nitrogens with one attached hydrogen (secondary N) is 2. The Balaban J connectivity index is 1.19. The Morgan fingerprint density at radius 2 is 1.69 bits per heavy atom. The summed E-state index contributed by atoms with van der Waals surface area (Å²) in [6.07, 6.45) is 4.97. The van der Waals surface area contributed by atoms with E-state index < -0.39 is 5.82 Å². The molecule has 0 bridgehead atoms. The molecule has 4 heterocycles. The van der Waals surface area contributed by atoms with Gasteiger partial charge in [0.25, 0.3) is 0 Å². The SMILES string of the molecule is CCN1CCN(Cc2ccc(Nc3nc(OCCOC)c4c(-c5ccc(OCc6ncccn6)cc5F)c[nH]c4n3)cc2)CC1. The van der Waals surface area contributed by atoms with Crippen molar-refractivity contribution in [3.05, 3.63) is 84.3 Å². The standard InChI is InChI=1S/C33H37FN8O3/c1-3-41-13-15-42(16-14-41)21-23-5-7-24(8-6-23)38-33-39-31-30(32(40-33)44-18-17-43-2)27(20-37-31)26-10-9-25(19-28(26)34)45-22-29-35-11-4-12-36-29/h4-12,19-20H,3,13-18,21-22H2,1-2H3,(H2,37,38,39,40). The van der Waals surface area contributed by atoms with Crippen LogP contribution in [-0.4, -0.2) is 87.8 Å². The van der Waals surface area contributed by atoms with Gasteiger partial charge in [0.1, 0.15) is 30.4 Å². The molecule has 0 atom stereocenters. The van der Waals surface area contributed by atoms with Crippen LogP contribution in [0.1, 0.15) is 18.3 Å². The van der Waals surface area contributed by atoms with Gasteiger partial charge in [0.05, 0.1) is 12.0 Å². The summed E-state index contributed by atoms with van der Waals surface area (Å²) in [4.78, 5) is 25.8. The molecule has 12 heteroatoms. The fourth-order valence-corrected chi connectivity index (χ4v) is 5.30. The second-order valence-corrected chi connectivity index (χ2v) is 10.7. The first-order chi connectivity index (χ1) is 22.1. The molecule has 2 aromatic carbocycles. The summed E-state index contributed by atoms with van der Waals surface area (Å²) in [5, 5.41) is 3.86. The number of anilines is 2. The summed E-state index contributed by atoms with van der Waals surface area (Å²) in [7, 11) is 1.60. The average molecular weight is 613 g/mol. The first-order valence-corrected chi connectivity index (χ1v) is 15.1. The van der Waals surface area contributed by atoms with Crippen LogP contribution in [0.2, 0.25) is 0 Å². The van der Waals surface area contributed by atoms with Crippen molar-refractivity contribution in [2.45, 2.75) is 20.1 Å². The van der Waals surface area contributed by atoms with Crippen LogP contribution in [0.3, 0.4) is 0 Å². The number of piperazine rings is 1. The minimum atomic E-state index is -0.459. The first kappa shape index (κ1) is 30.4.